The minimum absolute atomic E-state index is 0.245. The molecule has 0 fully saturated rings. The molecule has 3 rings (SSSR count). The van der Waals surface area contributed by atoms with Gasteiger partial charge in [-0.15, -0.1) is 16.9 Å². The average molecular weight is 360 g/mol. The number of aryl methyl sites for hydroxylation is 1. The van der Waals surface area contributed by atoms with Crippen LogP contribution in [0.2, 0.25) is 5.02 Å². The lowest BCUT2D eigenvalue weighted by Gasteiger charge is -2.10. The molecule has 6 nitrogen and oxygen atoms in total. The Kier molecular flexibility index (Phi) is 4.82. The second kappa shape index (κ2) is 7.02. The van der Waals surface area contributed by atoms with Crippen LogP contribution in [0.25, 0.3) is 5.69 Å². The van der Waals surface area contributed by atoms with Gasteiger partial charge in [-0.25, -0.2) is 4.68 Å². The average Bonchev–Trinajstić information content (AvgIpc) is 3.09. The lowest BCUT2D eigenvalue weighted by molar-refractivity contribution is 0.102. The van der Waals surface area contributed by atoms with Crippen LogP contribution in [0.4, 0.5) is 5.69 Å². The Labute approximate surface area is 148 Å². The monoisotopic (exact) mass is 359 g/mol. The molecule has 0 spiro atoms. The van der Waals surface area contributed by atoms with Crippen molar-refractivity contribution in [2.45, 2.75) is 11.8 Å². The van der Waals surface area contributed by atoms with E-state index in [4.69, 9.17) is 11.6 Å². The number of hydrogen-bond donors (Lipinski definition) is 1. The highest BCUT2D eigenvalue weighted by molar-refractivity contribution is 7.98. The van der Waals surface area contributed by atoms with Gasteiger partial charge < -0.3 is 5.32 Å². The van der Waals surface area contributed by atoms with E-state index in [9.17, 15) is 4.79 Å². The first-order valence-corrected chi connectivity index (χ1v) is 8.67. The Morgan fingerprint density at radius 3 is 2.75 bits per heavy atom. The normalized spacial score (nSPS) is 10.6. The molecular weight excluding hydrogens is 346 g/mol. The molecule has 2 aromatic carbocycles. The summed E-state index contributed by atoms with van der Waals surface area (Å²) >= 11 is 7.70. The Bertz CT molecular complexity index is 882. The van der Waals surface area contributed by atoms with Crippen LogP contribution < -0.4 is 5.32 Å². The van der Waals surface area contributed by atoms with E-state index in [1.165, 1.54) is 6.33 Å². The molecule has 0 aliphatic rings. The maximum Gasteiger partial charge on any atom is 0.257 e. The molecule has 0 bridgehead atoms. The van der Waals surface area contributed by atoms with Crippen LogP contribution >= 0.6 is 23.4 Å². The molecule has 0 unspecified atom stereocenters. The number of anilines is 1. The molecule has 8 heteroatoms. The highest BCUT2D eigenvalue weighted by atomic mass is 35.5. The van der Waals surface area contributed by atoms with Gasteiger partial charge in [0.2, 0.25) is 0 Å². The quantitative estimate of drug-likeness (QED) is 0.720. The van der Waals surface area contributed by atoms with Crippen molar-refractivity contribution in [2.75, 3.05) is 11.6 Å². The van der Waals surface area contributed by atoms with Crippen LogP contribution in [-0.4, -0.2) is 32.4 Å². The maximum absolute atomic E-state index is 12.5. The molecule has 122 valence electrons. The summed E-state index contributed by atoms with van der Waals surface area (Å²) < 4.78 is 1.57. The summed E-state index contributed by atoms with van der Waals surface area (Å²) in [6.45, 7) is 1.92. The van der Waals surface area contributed by atoms with Gasteiger partial charge in [0.05, 0.1) is 16.3 Å². The number of thioether (sulfide) groups is 1. The SMILES string of the molecule is CSc1ccc(Cl)c(C(=O)Nc2ccc(-n3cnnn3)c(C)c2)c1. The van der Waals surface area contributed by atoms with Gasteiger partial charge in [-0.3, -0.25) is 4.79 Å². The Balaban J connectivity index is 1.84. The third kappa shape index (κ3) is 3.42. The Hall–Kier alpha value is -2.38. The fraction of sp³-hybridized carbons (Fsp3) is 0.125. The molecule has 0 radical (unpaired) electrons. The number of nitrogens with zero attached hydrogens (tertiary/aromatic N) is 4. The molecule has 0 saturated heterocycles. The van der Waals surface area contributed by atoms with Crippen molar-refractivity contribution >= 4 is 35.0 Å². The van der Waals surface area contributed by atoms with Crippen LogP contribution in [0, 0.1) is 6.92 Å². The number of benzene rings is 2. The molecule has 3 aromatic rings. The second-order valence-corrected chi connectivity index (χ2v) is 6.34. The number of rotatable bonds is 4. The molecular formula is C16H14ClN5OS. The van der Waals surface area contributed by atoms with Gasteiger partial charge in [0.15, 0.2) is 0 Å². The van der Waals surface area contributed by atoms with E-state index < -0.39 is 0 Å². The number of aromatic nitrogens is 4. The van der Waals surface area contributed by atoms with Gasteiger partial charge in [-0.1, -0.05) is 11.6 Å². The molecule has 24 heavy (non-hydrogen) atoms. The van der Waals surface area contributed by atoms with Gasteiger partial charge in [0.25, 0.3) is 5.91 Å². The van der Waals surface area contributed by atoms with Crippen molar-refractivity contribution in [3.8, 4) is 5.69 Å². The zero-order valence-corrected chi connectivity index (χ0v) is 14.6. The van der Waals surface area contributed by atoms with E-state index in [1.54, 1.807) is 34.6 Å². The highest BCUT2D eigenvalue weighted by Gasteiger charge is 2.12. The molecule has 0 aliphatic carbocycles. The van der Waals surface area contributed by atoms with E-state index in [2.05, 4.69) is 20.8 Å². The van der Waals surface area contributed by atoms with Crippen LogP contribution in [-0.2, 0) is 0 Å². The second-order valence-electron chi connectivity index (χ2n) is 5.06. The van der Waals surface area contributed by atoms with Gasteiger partial charge in [0, 0.05) is 10.6 Å². The number of carbonyl (C=O) groups excluding carboxylic acids is 1. The summed E-state index contributed by atoms with van der Waals surface area (Å²) in [6.07, 6.45) is 3.47. The molecule has 1 heterocycles. The maximum atomic E-state index is 12.5. The van der Waals surface area contributed by atoms with E-state index >= 15 is 0 Å². The molecule has 1 N–H and O–H groups in total. The summed E-state index contributed by atoms with van der Waals surface area (Å²) in [5.41, 5.74) is 2.91. The summed E-state index contributed by atoms with van der Waals surface area (Å²) in [7, 11) is 0. The van der Waals surface area contributed by atoms with Crippen molar-refractivity contribution < 1.29 is 4.79 Å². The van der Waals surface area contributed by atoms with E-state index in [1.807, 2.05) is 31.4 Å². The fourth-order valence-corrected chi connectivity index (χ4v) is 2.91. The standard InChI is InChI=1S/C16H14ClN5OS/c1-10-7-11(3-6-15(10)22-9-18-20-21-22)19-16(23)13-8-12(24-2)4-5-14(13)17/h3-9H,1-2H3,(H,19,23). The molecule has 1 aromatic heterocycles. The van der Waals surface area contributed by atoms with Gasteiger partial charge in [-0.2, -0.15) is 0 Å². The zero-order valence-electron chi connectivity index (χ0n) is 13.0. The van der Waals surface area contributed by atoms with E-state index in [0.717, 1.165) is 16.1 Å². The van der Waals surface area contributed by atoms with E-state index in [-0.39, 0.29) is 5.91 Å². The Morgan fingerprint density at radius 1 is 1.25 bits per heavy atom. The lowest BCUT2D eigenvalue weighted by Crippen LogP contribution is -2.13. The van der Waals surface area contributed by atoms with Crippen LogP contribution in [0.3, 0.4) is 0 Å². The molecule has 0 atom stereocenters. The first-order valence-electron chi connectivity index (χ1n) is 7.07. The van der Waals surface area contributed by atoms with Crippen molar-refractivity contribution in [2.24, 2.45) is 0 Å². The fourth-order valence-electron chi connectivity index (χ4n) is 2.27. The highest BCUT2D eigenvalue weighted by Crippen LogP contribution is 2.24. The third-order valence-corrected chi connectivity index (χ3v) is 4.52. The predicted octanol–water partition coefficient (Wildman–Crippen LogP) is 3.60. The number of amides is 1. The smallest absolute Gasteiger partial charge is 0.257 e. The van der Waals surface area contributed by atoms with Gasteiger partial charge in [-0.05, 0) is 65.6 Å². The molecule has 1 amide bonds. The largest absolute Gasteiger partial charge is 0.322 e. The van der Waals surface area contributed by atoms with Crippen LogP contribution in [0.1, 0.15) is 15.9 Å². The predicted molar refractivity (Wildman–Crippen MR) is 95.1 cm³/mol. The zero-order chi connectivity index (χ0) is 17.1. The topological polar surface area (TPSA) is 72.7 Å². The van der Waals surface area contributed by atoms with E-state index in [0.29, 0.717) is 16.3 Å². The summed E-state index contributed by atoms with van der Waals surface area (Å²) in [5.74, 6) is -0.245. The number of nitrogens with one attached hydrogen (secondary N) is 1. The first-order chi connectivity index (χ1) is 11.6. The van der Waals surface area contributed by atoms with Crippen molar-refractivity contribution in [1.29, 1.82) is 0 Å². The number of tetrazole rings is 1. The third-order valence-electron chi connectivity index (χ3n) is 3.47. The molecule has 0 aliphatic heterocycles. The summed E-state index contributed by atoms with van der Waals surface area (Å²) in [6, 6.07) is 10.9. The number of carbonyl (C=O) groups is 1. The number of hydrogen-bond acceptors (Lipinski definition) is 5. The van der Waals surface area contributed by atoms with Crippen molar-refractivity contribution in [3.05, 3.63) is 58.9 Å². The van der Waals surface area contributed by atoms with Crippen LogP contribution in [0.15, 0.2) is 47.6 Å². The van der Waals surface area contributed by atoms with Gasteiger partial charge >= 0.3 is 0 Å². The van der Waals surface area contributed by atoms with Crippen molar-refractivity contribution in [3.63, 3.8) is 0 Å². The van der Waals surface area contributed by atoms with Crippen molar-refractivity contribution in [1.82, 2.24) is 20.2 Å². The summed E-state index contributed by atoms with van der Waals surface area (Å²) in [4.78, 5) is 13.5. The summed E-state index contributed by atoms with van der Waals surface area (Å²) in [5, 5.41) is 14.4. The first kappa shape index (κ1) is 16.5. The van der Waals surface area contributed by atoms with Crippen LogP contribution in [0.5, 0.6) is 0 Å². The lowest BCUT2D eigenvalue weighted by atomic mass is 10.1. The number of halogens is 1. The van der Waals surface area contributed by atoms with Gasteiger partial charge in [0.1, 0.15) is 6.33 Å². The minimum atomic E-state index is -0.245. The minimum Gasteiger partial charge on any atom is -0.322 e. The molecule has 0 saturated carbocycles. The Morgan fingerprint density at radius 2 is 2.08 bits per heavy atom.